The second-order valence-corrected chi connectivity index (χ2v) is 7.23. The number of benzene rings is 1. The molecule has 2 N–H and O–H groups in total. The average Bonchev–Trinajstić information content (AvgIpc) is 3.10. The number of thiophene rings is 1. The van der Waals surface area contributed by atoms with Crippen LogP contribution in [0.25, 0.3) is 0 Å². The van der Waals surface area contributed by atoms with E-state index in [1.165, 1.54) is 17.0 Å². The molecule has 0 bridgehead atoms. The number of guanidine groups is 1. The third-order valence-electron chi connectivity index (χ3n) is 3.94. The Hall–Kier alpha value is -2.41. The largest absolute Gasteiger partial charge is 0.354 e. The predicted molar refractivity (Wildman–Crippen MR) is 103 cm³/mol. The van der Waals surface area contributed by atoms with Crippen LogP contribution in [0.3, 0.4) is 0 Å². The number of hydrogen-bond acceptors (Lipinski definition) is 4. The van der Waals surface area contributed by atoms with Crippen molar-refractivity contribution in [3.05, 3.63) is 62.3 Å². The highest BCUT2D eigenvalue weighted by atomic mass is 32.1. The van der Waals surface area contributed by atoms with Gasteiger partial charge < -0.3 is 10.6 Å². The molecule has 0 aliphatic carbocycles. The standard InChI is InChI=1S/C18H24N4O2S/c1-13(2)14(3)21-18(20-12-17-5-4-10-25-17)19-11-15-6-8-16(9-7-15)22(23)24/h4-10,13-14H,11-12H2,1-3H3,(H2,19,20,21). The van der Waals surface area contributed by atoms with E-state index >= 15 is 0 Å². The van der Waals surface area contributed by atoms with Crippen molar-refractivity contribution in [1.29, 1.82) is 0 Å². The van der Waals surface area contributed by atoms with Crippen LogP contribution in [-0.4, -0.2) is 16.9 Å². The van der Waals surface area contributed by atoms with Crippen molar-refractivity contribution in [2.24, 2.45) is 10.9 Å². The number of nitro benzene ring substituents is 1. The molecule has 25 heavy (non-hydrogen) atoms. The summed E-state index contributed by atoms with van der Waals surface area (Å²) in [6, 6.07) is 10.9. The van der Waals surface area contributed by atoms with Crippen molar-refractivity contribution >= 4 is 23.0 Å². The first-order chi connectivity index (χ1) is 12.0. The Bertz CT molecular complexity index is 696. The van der Waals surface area contributed by atoms with Gasteiger partial charge in [-0.2, -0.15) is 0 Å². The fraction of sp³-hybridized carbons (Fsp3) is 0.389. The zero-order valence-corrected chi connectivity index (χ0v) is 15.5. The van der Waals surface area contributed by atoms with Crippen LogP contribution in [0.1, 0.15) is 31.2 Å². The first kappa shape index (κ1) is 18.9. The second kappa shape index (κ2) is 9.17. The average molecular weight is 360 g/mol. The molecule has 1 aromatic heterocycles. The lowest BCUT2D eigenvalue weighted by Gasteiger charge is -2.21. The van der Waals surface area contributed by atoms with Gasteiger partial charge in [0, 0.05) is 23.1 Å². The molecule has 0 fully saturated rings. The minimum Gasteiger partial charge on any atom is -0.354 e. The molecule has 0 amide bonds. The van der Waals surface area contributed by atoms with E-state index in [1.54, 1.807) is 23.5 Å². The van der Waals surface area contributed by atoms with Crippen molar-refractivity contribution in [2.45, 2.75) is 39.9 Å². The number of aliphatic imine (C=N–C) groups is 1. The van der Waals surface area contributed by atoms with Crippen LogP contribution in [0.4, 0.5) is 5.69 Å². The van der Waals surface area contributed by atoms with Crippen LogP contribution in [-0.2, 0) is 13.1 Å². The molecule has 2 rings (SSSR count). The van der Waals surface area contributed by atoms with Gasteiger partial charge in [-0.3, -0.25) is 10.1 Å². The summed E-state index contributed by atoms with van der Waals surface area (Å²) in [5.41, 5.74) is 1.02. The maximum absolute atomic E-state index is 10.7. The van der Waals surface area contributed by atoms with Gasteiger partial charge in [-0.15, -0.1) is 11.3 Å². The lowest BCUT2D eigenvalue weighted by Crippen LogP contribution is -2.44. The first-order valence-electron chi connectivity index (χ1n) is 8.26. The molecule has 1 unspecified atom stereocenters. The van der Waals surface area contributed by atoms with Crippen molar-refractivity contribution in [3.63, 3.8) is 0 Å². The fourth-order valence-electron chi connectivity index (χ4n) is 2.01. The molecule has 0 radical (unpaired) electrons. The van der Waals surface area contributed by atoms with E-state index in [0.717, 1.165) is 11.5 Å². The molecule has 6 nitrogen and oxygen atoms in total. The summed E-state index contributed by atoms with van der Waals surface area (Å²) in [5, 5.41) is 19.5. The SMILES string of the molecule is CC(C)C(C)NC(=NCc1ccc([N+](=O)[O-])cc1)NCc1cccs1. The number of nitro groups is 1. The summed E-state index contributed by atoms with van der Waals surface area (Å²) in [5.74, 6) is 1.22. The monoisotopic (exact) mass is 360 g/mol. The van der Waals surface area contributed by atoms with Crippen LogP contribution in [0.15, 0.2) is 46.8 Å². The highest BCUT2D eigenvalue weighted by molar-refractivity contribution is 7.09. The third kappa shape index (κ3) is 6.19. The van der Waals surface area contributed by atoms with Crippen molar-refractivity contribution < 1.29 is 4.92 Å². The molecule has 0 saturated heterocycles. The first-order valence-corrected chi connectivity index (χ1v) is 9.14. The summed E-state index contributed by atoms with van der Waals surface area (Å²) in [6.45, 7) is 7.62. The Labute approximate surface area is 152 Å². The number of hydrogen-bond donors (Lipinski definition) is 2. The maximum Gasteiger partial charge on any atom is 0.269 e. The number of nitrogens with one attached hydrogen (secondary N) is 2. The number of nitrogens with zero attached hydrogens (tertiary/aromatic N) is 2. The Morgan fingerprint density at radius 2 is 1.96 bits per heavy atom. The van der Waals surface area contributed by atoms with Gasteiger partial charge in [0.2, 0.25) is 0 Å². The van der Waals surface area contributed by atoms with Crippen LogP contribution >= 0.6 is 11.3 Å². The van der Waals surface area contributed by atoms with Gasteiger partial charge in [-0.05, 0) is 29.9 Å². The van der Waals surface area contributed by atoms with Gasteiger partial charge in [0.25, 0.3) is 5.69 Å². The lowest BCUT2D eigenvalue weighted by atomic mass is 10.1. The second-order valence-electron chi connectivity index (χ2n) is 6.20. The van der Waals surface area contributed by atoms with E-state index in [1.807, 2.05) is 6.07 Å². The third-order valence-corrected chi connectivity index (χ3v) is 4.82. The Morgan fingerprint density at radius 3 is 2.52 bits per heavy atom. The van der Waals surface area contributed by atoms with E-state index in [0.29, 0.717) is 19.0 Å². The van der Waals surface area contributed by atoms with Crippen molar-refractivity contribution in [2.75, 3.05) is 0 Å². The lowest BCUT2D eigenvalue weighted by molar-refractivity contribution is -0.384. The smallest absolute Gasteiger partial charge is 0.269 e. The van der Waals surface area contributed by atoms with Gasteiger partial charge >= 0.3 is 0 Å². The van der Waals surface area contributed by atoms with Gasteiger partial charge in [-0.1, -0.05) is 32.0 Å². The zero-order chi connectivity index (χ0) is 18.2. The molecule has 1 heterocycles. The van der Waals surface area contributed by atoms with Gasteiger partial charge in [0.05, 0.1) is 18.0 Å². The van der Waals surface area contributed by atoms with E-state index in [2.05, 4.69) is 47.8 Å². The summed E-state index contributed by atoms with van der Waals surface area (Å²) in [6.07, 6.45) is 0. The Balaban J connectivity index is 2.03. The number of rotatable bonds is 7. The van der Waals surface area contributed by atoms with Crippen LogP contribution in [0.5, 0.6) is 0 Å². The van der Waals surface area contributed by atoms with E-state index in [4.69, 9.17) is 0 Å². The molecular weight excluding hydrogens is 336 g/mol. The summed E-state index contributed by atoms with van der Waals surface area (Å²) >= 11 is 1.70. The van der Waals surface area contributed by atoms with Gasteiger partial charge in [0.15, 0.2) is 5.96 Å². The Kier molecular flexibility index (Phi) is 6.94. The Morgan fingerprint density at radius 1 is 1.24 bits per heavy atom. The minimum atomic E-state index is -0.396. The molecule has 1 atom stereocenters. The van der Waals surface area contributed by atoms with E-state index in [-0.39, 0.29) is 11.7 Å². The highest BCUT2D eigenvalue weighted by Crippen LogP contribution is 2.13. The minimum absolute atomic E-state index is 0.0929. The van der Waals surface area contributed by atoms with Crippen LogP contribution < -0.4 is 10.6 Å². The maximum atomic E-state index is 10.7. The molecule has 0 aliphatic heterocycles. The highest BCUT2D eigenvalue weighted by Gasteiger charge is 2.10. The van der Waals surface area contributed by atoms with E-state index in [9.17, 15) is 10.1 Å². The summed E-state index contributed by atoms with van der Waals surface area (Å²) < 4.78 is 0. The summed E-state index contributed by atoms with van der Waals surface area (Å²) in [4.78, 5) is 16.2. The molecule has 0 saturated carbocycles. The molecule has 0 spiro atoms. The van der Waals surface area contributed by atoms with Crippen LogP contribution in [0, 0.1) is 16.0 Å². The molecular formula is C18H24N4O2S. The normalized spacial score (nSPS) is 12.9. The fourth-order valence-corrected chi connectivity index (χ4v) is 2.66. The zero-order valence-electron chi connectivity index (χ0n) is 14.7. The van der Waals surface area contributed by atoms with Gasteiger partial charge in [0.1, 0.15) is 0 Å². The number of non-ortho nitro benzene ring substituents is 1. The van der Waals surface area contributed by atoms with Gasteiger partial charge in [-0.25, -0.2) is 4.99 Å². The van der Waals surface area contributed by atoms with Crippen molar-refractivity contribution in [3.8, 4) is 0 Å². The topological polar surface area (TPSA) is 79.6 Å². The molecule has 7 heteroatoms. The quantitative estimate of drug-likeness (QED) is 0.339. The van der Waals surface area contributed by atoms with Crippen LogP contribution in [0.2, 0.25) is 0 Å². The van der Waals surface area contributed by atoms with Crippen molar-refractivity contribution in [1.82, 2.24) is 10.6 Å². The van der Waals surface area contributed by atoms with E-state index < -0.39 is 4.92 Å². The molecule has 1 aromatic carbocycles. The molecule has 134 valence electrons. The molecule has 2 aromatic rings. The molecule has 0 aliphatic rings. The predicted octanol–water partition coefficient (Wildman–Crippen LogP) is 3.94. The summed E-state index contributed by atoms with van der Waals surface area (Å²) in [7, 11) is 0.